The molecular weight excluding hydrogens is 316 g/mol. The van der Waals surface area contributed by atoms with E-state index in [2.05, 4.69) is 92.2 Å². The largest absolute Gasteiger partial charge is 0.384 e. The molecule has 0 aliphatic carbocycles. The third-order valence-electron chi connectivity index (χ3n) is 4.70. The predicted octanol–water partition coefficient (Wildman–Crippen LogP) is 6.52. The third kappa shape index (κ3) is 13.2. The van der Waals surface area contributed by atoms with Gasteiger partial charge in [0.2, 0.25) is 0 Å². The summed E-state index contributed by atoms with van der Waals surface area (Å²) in [6.07, 6.45) is 6.96. The molecule has 1 aliphatic heterocycles. The topological polar surface area (TPSA) is 15.3 Å². The lowest BCUT2D eigenvalue weighted by Gasteiger charge is -2.28. The summed E-state index contributed by atoms with van der Waals surface area (Å²) < 4.78 is 0. The Morgan fingerprint density at radius 3 is 2.00 bits per heavy atom. The molecule has 0 aromatic rings. The van der Waals surface area contributed by atoms with Crippen LogP contribution in [0.3, 0.4) is 0 Å². The van der Waals surface area contributed by atoms with Gasteiger partial charge in [-0.1, -0.05) is 40.3 Å². The minimum Gasteiger partial charge on any atom is -0.384 e. The van der Waals surface area contributed by atoms with Crippen LogP contribution in [-0.2, 0) is 0 Å². The van der Waals surface area contributed by atoms with E-state index in [0.717, 1.165) is 36.5 Å². The van der Waals surface area contributed by atoms with Gasteiger partial charge in [0.15, 0.2) is 0 Å². The van der Waals surface area contributed by atoms with E-state index in [1.807, 2.05) is 6.08 Å². The second kappa shape index (κ2) is 14.1. The first kappa shape index (κ1) is 27.2. The summed E-state index contributed by atoms with van der Waals surface area (Å²) in [5.41, 5.74) is 1.48. The average molecular weight is 365 g/mol. The predicted molar refractivity (Wildman–Crippen MR) is 121 cm³/mol. The first-order chi connectivity index (χ1) is 12.0. The molecule has 1 N–H and O–H groups in total. The Kier molecular flexibility index (Phi) is 14.7. The Morgan fingerprint density at radius 2 is 1.69 bits per heavy atom. The second-order valence-electron chi connectivity index (χ2n) is 9.26. The molecule has 0 spiro atoms. The molecule has 1 aliphatic rings. The van der Waals surface area contributed by atoms with Crippen molar-refractivity contribution in [1.82, 2.24) is 10.2 Å². The zero-order valence-electron chi connectivity index (χ0n) is 19.2. The van der Waals surface area contributed by atoms with Gasteiger partial charge in [0, 0.05) is 17.8 Å². The van der Waals surface area contributed by atoms with Crippen molar-refractivity contribution in [2.75, 3.05) is 20.6 Å². The van der Waals surface area contributed by atoms with Crippen LogP contribution in [0.2, 0.25) is 0 Å². The molecule has 2 heteroatoms. The van der Waals surface area contributed by atoms with Crippen LogP contribution in [0.1, 0.15) is 67.2 Å². The summed E-state index contributed by atoms with van der Waals surface area (Å²) in [5, 5.41) is 3.45. The van der Waals surface area contributed by atoms with Gasteiger partial charge in [0.1, 0.15) is 0 Å². The fourth-order valence-electron chi connectivity index (χ4n) is 3.77. The zero-order valence-corrected chi connectivity index (χ0v) is 19.2. The summed E-state index contributed by atoms with van der Waals surface area (Å²) in [6, 6.07) is 0. The van der Waals surface area contributed by atoms with Crippen molar-refractivity contribution in [2.45, 2.75) is 72.8 Å². The smallest absolute Gasteiger partial charge is 0.0346 e. The highest BCUT2D eigenvalue weighted by Gasteiger charge is 2.35. The van der Waals surface area contributed by atoms with E-state index < -0.39 is 0 Å². The van der Waals surface area contributed by atoms with Gasteiger partial charge in [-0.25, -0.2) is 0 Å². The quantitative estimate of drug-likeness (QED) is 0.493. The van der Waals surface area contributed by atoms with Crippen molar-refractivity contribution in [3.8, 4) is 0 Å². The summed E-state index contributed by atoms with van der Waals surface area (Å²) in [6.45, 7) is 28.7. The second-order valence-corrected chi connectivity index (χ2v) is 9.26. The Bertz CT molecular complexity index is 370. The first-order valence-electron chi connectivity index (χ1n) is 10.2. The van der Waals surface area contributed by atoms with E-state index in [4.69, 9.17) is 0 Å². The Balaban J connectivity index is 0. The normalized spacial score (nSPS) is 19.3. The maximum Gasteiger partial charge on any atom is 0.0346 e. The molecule has 0 bridgehead atoms. The molecule has 0 aromatic heterocycles. The van der Waals surface area contributed by atoms with Crippen molar-refractivity contribution >= 4 is 0 Å². The Labute approximate surface area is 165 Å². The highest BCUT2D eigenvalue weighted by atomic mass is 15.1. The maximum absolute atomic E-state index is 4.00. The number of nitrogens with one attached hydrogen (secondary N) is 1. The van der Waals surface area contributed by atoms with Gasteiger partial charge in [-0.05, 0) is 77.3 Å². The van der Waals surface area contributed by atoms with Crippen LogP contribution >= 0.6 is 0 Å². The van der Waals surface area contributed by atoms with Crippen LogP contribution in [-0.4, -0.2) is 31.1 Å². The molecular formula is C24H48N2. The van der Waals surface area contributed by atoms with Crippen LogP contribution in [0.15, 0.2) is 38.1 Å². The summed E-state index contributed by atoms with van der Waals surface area (Å²) in [4.78, 5) is 2.26. The van der Waals surface area contributed by atoms with E-state index in [0.29, 0.717) is 0 Å². The molecule has 0 aromatic carbocycles. The number of rotatable bonds is 8. The van der Waals surface area contributed by atoms with Crippen molar-refractivity contribution < 1.29 is 0 Å². The number of nitrogens with zero attached hydrogens (tertiary/aromatic N) is 1. The van der Waals surface area contributed by atoms with Gasteiger partial charge in [-0.3, -0.25) is 0 Å². The number of hydrogen-bond donors (Lipinski definition) is 1. The minimum atomic E-state index is 0.265. The molecule has 2 nitrogen and oxygen atoms in total. The average Bonchev–Trinajstić information content (AvgIpc) is 2.72. The monoisotopic (exact) mass is 364 g/mol. The van der Waals surface area contributed by atoms with Crippen molar-refractivity contribution in [3.05, 3.63) is 38.1 Å². The standard InChI is InChI=1S/C11H21N.C11H23N.C2H4/c1-8(2)6-10-7-9(3)12-11(10,4)5;1-6-7-11(8-10(2)3)9-12(4)5;1-2/h8,10,12H,3,6-7H2,1-2,4-5H3;6,10-11H,1,7-9H2,2-5H3;1-2H2. The zero-order chi connectivity index (χ0) is 20.9. The molecule has 2 atom stereocenters. The molecule has 0 saturated carbocycles. The van der Waals surface area contributed by atoms with Crippen LogP contribution in [0, 0.1) is 23.7 Å². The Hall–Kier alpha value is -1.02. The first-order valence-corrected chi connectivity index (χ1v) is 10.2. The molecule has 1 fully saturated rings. The van der Waals surface area contributed by atoms with Gasteiger partial charge < -0.3 is 10.2 Å². The summed E-state index contributed by atoms with van der Waals surface area (Å²) in [5.74, 6) is 3.15. The van der Waals surface area contributed by atoms with Crippen molar-refractivity contribution in [3.63, 3.8) is 0 Å². The van der Waals surface area contributed by atoms with Crippen molar-refractivity contribution in [2.24, 2.45) is 23.7 Å². The molecule has 1 rings (SSSR count). The molecule has 154 valence electrons. The molecule has 2 unspecified atom stereocenters. The highest BCUT2D eigenvalue weighted by Crippen LogP contribution is 2.35. The van der Waals surface area contributed by atoms with Gasteiger partial charge >= 0.3 is 0 Å². The van der Waals surface area contributed by atoms with E-state index in [1.54, 1.807) is 0 Å². The fraction of sp³-hybridized carbons (Fsp3) is 0.750. The lowest BCUT2D eigenvalue weighted by Crippen LogP contribution is -2.37. The van der Waals surface area contributed by atoms with Crippen LogP contribution < -0.4 is 5.32 Å². The molecule has 0 amide bonds. The Morgan fingerprint density at radius 1 is 1.15 bits per heavy atom. The van der Waals surface area contributed by atoms with Crippen LogP contribution in [0.4, 0.5) is 0 Å². The van der Waals surface area contributed by atoms with E-state index in [1.165, 1.54) is 25.1 Å². The van der Waals surface area contributed by atoms with Gasteiger partial charge in [-0.2, -0.15) is 0 Å². The fourth-order valence-corrected chi connectivity index (χ4v) is 3.77. The highest BCUT2D eigenvalue weighted by molar-refractivity contribution is 5.10. The number of hydrogen-bond acceptors (Lipinski definition) is 2. The minimum absolute atomic E-state index is 0.265. The third-order valence-corrected chi connectivity index (χ3v) is 4.70. The van der Waals surface area contributed by atoms with Gasteiger partial charge in [0.05, 0.1) is 0 Å². The van der Waals surface area contributed by atoms with Gasteiger partial charge in [0.25, 0.3) is 0 Å². The van der Waals surface area contributed by atoms with Gasteiger partial charge in [-0.15, -0.1) is 19.7 Å². The van der Waals surface area contributed by atoms with E-state index in [-0.39, 0.29) is 5.54 Å². The summed E-state index contributed by atoms with van der Waals surface area (Å²) in [7, 11) is 4.27. The van der Waals surface area contributed by atoms with Crippen LogP contribution in [0.5, 0.6) is 0 Å². The molecule has 1 heterocycles. The molecule has 26 heavy (non-hydrogen) atoms. The van der Waals surface area contributed by atoms with Crippen molar-refractivity contribution in [1.29, 1.82) is 0 Å². The maximum atomic E-state index is 4.00. The SMILES string of the molecule is C=C.C=C1CC(CC(C)C)C(C)(C)N1.C=CCC(CC(C)C)CN(C)C. The molecule has 1 saturated heterocycles. The summed E-state index contributed by atoms with van der Waals surface area (Å²) >= 11 is 0. The van der Waals surface area contributed by atoms with E-state index in [9.17, 15) is 0 Å². The van der Waals surface area contributed by atoms with Crippen LogP contribution in [0.25, 0.3) is 0 Å². The number of allylic oxidation sites excluding steroid dienone is 2. The lowest BCUT2D eigenvalue weighted by atomic mass is 9.83. The lowest BCUT2D eigenvalue weighted by molar-refractivity contribution is 0.287. The molecule has 0 radical (unpaired) electrons. The van der Waals surface area contributed by atoms with E-state index >= 15 is 0 Å².